The van der Waals surface area contributed by atoms with Crippen molar-refractivity contribution in [1.82, 2.24) is 0 Å². The Morgan fingerprint density at radius 2 is 1.53 bits per heavy atom. The fraction of sp³-hybridized carbons (Fsp3) is 0.188. The molecule has 1 atom stereocenters. The number of nitrogens with two attached hydrogens (primary N) is 2. The third-order valence-corrected chi connectivity index (χ3v) is 3.62. The Labute approximate surface area is 113 Å². The quantitative estimate of drug-likeness (QED) is 0.823. The maximum atomic E-state index is 12.1. The summed E-state index contributed by atoms with van der Waals surface area (Å²) in [7, 11) is 0. The summed E-state index contributed by atoms with van der Waals surface area (Å²) in [5.41, 5.74) is 13.1. The normalized spacial score (nSPS) is 13.7. The van der Waals surface area contributed by atoms with Crippen molar-refractivity contribution in [2.24, 2.45) is 5.73 Å². The van der Waals surface area contributed by atoms with Crippen LogP contribution in [0.15, 0.2) is 54.6 Å². The monoisotopic (exact) mass is 254 g/mol. The zero-order valence-corrected chi connectivity index (χ0v) is 11.0. The molecule has 1 amide bonds. The highest BCUT2D eigenvalue weighted by molar-refractivity contribution is 5.90. The number of carbonyl (C=O) groups is 1. The molecular weight excluding hydrogens is 236 g/mol. The van der Waals surface area contributed by atoms with Crippen LogP contribution in [-0.4, -0.2) is 5.91 Å². The minimum Gasteiger partial charge on any atom is -0.399 e. The van der Waals surface area contributed by atoms with E-state index in [2.05, 4.69) is 0 Å². The van der Waals surface area contributed by atoms with Gasteiger partial charge in [0.15, 0.2) is 0 Å². The second-order valence-electron chi connectivity index (χ2n) is 4.61. The third-order valence-electron chi connectivity index (χ3n) is 3.62. The predicted octanol–water partition coefficient (Wildman–Crippen LogP) is 2.45. The summed E-state index contributed by atoms with van der Waals surface area (Å²) in [4.78, 5) is 12.1. The van der Waals surface area contributed by atoms with E-state index in [-0.39, 0.29) is 5.91 Å². The molecule has 3 heteroatoms. The molecule has 0 aliphatic rings. The van der Waals surface area contributed by atoms with Gasteiger partial charge in [0.25, 0.3) is 0 Å². The number of hydrogen-bond acceptors (Lipinski definition) is 2. The molecule has 3 nitrogen and oxygen atoms in total. The molecule has 0 fully saturated rings. The number of benzene rings is 2. The Morgan fingerprint density at radius 3 is 2.00 bits per heavy atom. The summed E-state index contributed by atoms with van der Waals surface area (Å²) in [5.74, 6) is -0.342. The zero-order valence-electron chi connectivity index (χ0n) is 11.0. The molecule has 2 aromatic carbocycles. The van der Waals surface area contributed by atoms with E-state index in [1.807, 2.05) is 49.4 Å². The van der Waals surface area contributed by atoms with Crippen molar-refractivity contribution >= 4 is 11.6 Å². The van der Waals surface area contributed by atoms with Crippen molar-refractivity contribution in [1.29, 1.82) is 0 Å². The van der Waals surface area contributed by atoms with Crippen LogP contribution in [0.4, 0.5) is 5.69 Å². The summed E-state index contributed by atoms with van der Waals surface area (Å²) in [6, 6.07) is 17.0. The standard InChI is InChI=1S/C16H18N2O/c1-2-16(15(18)19,12-6-4-3-5-7-12)13-8-10-14(17)11-9-13/h3-11H,2,17H2,1H3,(H2,18,19). The van der Waals surface area contributed by atoms with E-state index < -0.39 is 5.41 Å². The number of rotatable bonds is 4. The third kappa shape index (κ3) is 2.19. The van der Waals surface area contributed by atoms with Crippen LogP contribution < -0.4 is 11.5 Å². The molecule has 2 rings (SSSR count). The molecule has 0 bridgehead atoms. The van der Waals surface area contributed by atoms with Crippen molar-refractivity contribution in [2.75, 3.05) is 5.73 Å². The first-order chi connectivity index (χ1) is 9.11. The highest BCUT2D eigenvalue weighted by atomic mass is 16.1. The van der Waals surface area contributed by atoms with Crippen LogP contribution in [0.25, 0.3) is 0 Å². The molecule has 19 heavy (non-hydrogen) atoms. The molecule has 0 aromatic heterocycles. The van der Waals surface area contributed by atoms with Gasteiger partial charge in [-0.3, -0.25) is 4.79 Å². The van der Waals surface area contributed by atoms with Gasteiger partial charge in [0.2, 0.25) is 5.91 Å². The van der Waals surface area contributed by atoms with Gasteiger partial charge in [0.1, 0.15) is 0 Å². The summed E-state index contributed by atoms with van der Waals surface area (Å²) in [6.45, 7) is 1.97. The first kappa shape index (κ1) is 13.1. The highest BCUT2D eigenvalue weighted by Crippen LogP contribution is 2.35. The fourth-order valence-corrected chi connectivity index (χ4v) is 2.52. The molecule has 1 unspecified atom stereocenters. The lowest BCUT2D eigenvalue weighted by molar-refractivity contribution is -0.122. The lowest BCUT2D eigenvalue weighted by Crippen LogP contribution is -2.41. The SMILES string of the molecule is CCC(C(N)=O)(c1ccccc1)c1ccc(N)cc1. The Morgan fingerprint density at radius 1 is 1.00 bits per heavy atom. The van der Waals surface area contributed by atoms with Crippen LogP contribution in [0.5, 0.6) is 0 Å². The molecule has 2 aromatic rings. The lowest BCUT2D eigenvalue weighted by Gasteiger charge is -2.30. The number of anilines is 1. The average Bonchev–Trinajstić information content (AvgIpc) is 2.43. The van der Waals surface area contributed by atoms with Crippen LogP contribution in [-0.2, 0) is 10.2 Å². The van der Waals surface area contributed by atoms with Crippen molar-refractivity contribution in [2.45, 2.75) is 18.8 Å². The van der Waals surface area contributed by atoms with E-state index in [0.29, 0.717) is 12.1 Å². The van der Waals surface area contributed by atoms with Gasteiger partial charge in [-0.05, 0) is 29.7 Å². The van der Waals surface area contributed by atoms with E-state index in [9.17, 15) is 4.79 Å². The number of primary amides is 1. The van der Waals surface area contributed by atoms with Gasteiger partial charge in [-0.2, -0.15) is 0 Å². The lowest BCUT2D eigenvalue weighted by atomic mass is 9.72. The van der Waals surface area contributed by atoms with Crippen LogP contribution in [0.3, 0.4) is 0 Å². The largest absolute Gasteiger partial charge is 0.399 e. The van der Waals surface area contributed by atoms with Gasteiger partial charge in [-0.1, -0.05) is 49.4 Å². The Bertz CT molecular complexity index is 563. The first-order valence-corrected chi connectivity index (χ1v) is 6.32. The first-order valence-electron chi connectivity index (χ1n) is 6.32. The van der Waals surface area contributed by atoms with E-state index in [4.69, 9.17) is 11.5 Å². The average molecular weight is 254 g/mol. The van der Waals surface area contributed by atoms with Gasteiger partial charge in [0.05, 0.1) is 5.41 Å². The van der Waals surface area contributed by atoms with E-state index in [1.54, 1.807) is 12.1 Å². The number of amides is 1. The molecule has 0 radical (unpaired) electrons. The second-order valence-corrected chi connectivity index (χ2v) is 4.61. The molecule has 0 spiro atoms. The molecule has 98 valence electrons. The minimum absolute atomic E-state index is 0.342. The number of hydrogen-bond donors (Lipinski definition) is 2. The van der Waals surface area contributed by atoms with Crippen LogP contribution in [0.1, 0.15) is 24.5 Å². The van der Waals surface area contributed by atoms with Crippen LogP contribution in [0, 0.1) is 0 Å². The van der Waals surface area contributed by atoms with Gasteiger partial charge in [0, 0.05) is 5.69 Å². The van der Waals surface area contributed by atoms with Crippen molar-refractivity contribution in [3.63, 3.8) is 0 Å². The Balaban J connectivity index is 2.64. The zero-order chi connectivity index (χ0) is 13.9. The van der Waals surface area contributed by atoms with Crippen molar-refractivity contribution in [3.05, 3.63) is 65.7 Å². The van der Waals surface area contributed by atoms with Gasteiger partial charge >= 0.3 is 0 Å². The summed E-state index contributed by atoms with van der Waals surface area (Å²) in [6.07, 6.45) is 0.607. The van der Waals surface area contributed by atoms with Gasteiger partial charge < -0.3 is 11.5 Å². The summed E-state index contributed by atoms with van der Waals surface area (Å²) >= 11 is 0. The predicted molar refractivity (Wildman–Crippen MR) is 77.6 cm³/mol. The van der Waals surface area contributed by atoms with Crippen molar-refractivity contribution in [3.8, 4) is 0 Å². The molecular formula is C16H18N2O. The van der Waals surface area contributed by atoms with E-state index in [1.165, 1.54) is 0 Å². The Kier molecular flexibility index (Phi) is 3.56. The molecule has 0 saturated heterocycles. The smallest absolute Gasteiger partial charge is 0.232 e. The molecule has 0 aliphatic carbocycles. The van der Waals surface area contributed by atoms with Crippen LogP contribution in [0.2, 0.25) is 0 Å². The second kappa shape index (κ2) is 5.14. The molecule has 0 aliphatic heterocycles. The minimum atomic E-state index is -0.797. The molecule has 0 heterocycles. The van der Waals surface area contributed by atoms with E-state index in [0.717, 1.165) is 11.1 Å². The molecule has 0 saturated carbocycles. The molecule has 4 N–H and O–H groups in total. The number of nitrogen functional groups attached to an aromatic ring is 1. The highest BCUT2D eigenvalue weighted by Gasteiger charge is 2.38. The van der Waals surface area contributed by atoms with E-state index >= 15 is 0 Å². The number of carbonyl (C=O) groups excluding carboxylic acids is 1. The Hall–Kier alpha value is -2.29. The summed E-state index contributed by atoms with van der Waals surface area (Å²) in [5, 5.41) is 0. The van der Waals surface area contributed by atoms with Gasteiger partial charge in [-0.15, -0.1) is 0 Å². The van der Waals surface area contributed by atoms with Crippen LogP contribution >= 0.6 is 0 Å². The summed E-state index contributed by atoms with van der Waals surface area (Å²) < 4.78 is 0. The topological polar surface area (TPSA) is 69.1 Å². The fourth-order valence-electron chi connectivity index (χ4n) is 2.52. The van der Waals surface area contributed by atoms with Gasteiger partial charge in [-0.25, -0.2) is 0 Å². The maximum Gasteiger partial charge on any atom is 0.232 e. The maximum absolute atomic E-state index is 12.1. The van der Waals surface area contributed by atoms with Crippen molar-refractivity contribution < 1.29 is 4.79 Å².